The predicted octanol–water partition coefficient (Wildman–Crippen LogP) is 6.21. The molecule has 224 valence electrons. The van der Waals surface area contributed by atoms with Gasteiger partial charge in [-0.15, -0.1) is 0 Å². The van der Waals surface area contributed by atoms with Crippen LogP contribution in [0.5, 0.6) is 0 Å². The monoisotopic (exact) mass is 617 g/mol. The van der Waals surface area contributed by atoms with Crippen LogP contribution in [-0.2, 0) is 26.6 Å². The number of benzene rings is 4. The summed E-state index contributed by atoms with van der Waals surface area (Å²) in [6.07, 6.45) is 3.72. The maximum Gasteiger partial charge on any atom is 0.264 e. The van der Waals surface area contributed by atoms with Crippen LogP contribution in [0.2, 0.25) is 0 Å². The van der Waals surface area contributed by atoms with Crippen molar-refractivity contribution >= 4 is 37.3 Å². The number of rotatable bonds is 9. The Balaban J connectivity index is 1.44. The summed E-state index contributed by atoms with van der Waals surface area (Å²) >= 11 is 0. The molecule has 1 heterocycles. The third kappa shape index (κ3) is 6.98. The number of aryl methyl sites for hydroxylation is 1. The molecular weight excluding hydrogens is 583 g/mol. The van der Waals surface area contributed by atoms with Gasteiger partial charge in [-0.1, -0.05) is 73.0 Å². The van der Waals surface area contributed by atoms with Crippen LogP contribution in [0.3, 0.4) is 0 Å². The van der Waals surface area contributed by atoms with E-state index in [0.717, 1.165) is 36.8 Å². The van der Waals surface area contributed by atoms with Gasteiger partial charge < -0.3 is 5.32 Å². The van der Waals surface area contributed by atoms with Crippen molar-refractivity contribution in [1.82, 2.24) is 4.31 Å². The summed E-state index contributed by atoms with van der Waals surface area (Å²) in [5.41, 5.74) is 2.47. The van der Waals surface area contributed by atoms with Gasteiger partial charge in [-0.2, -0.15) is 4.31 Å². The van der Waals surface area contributed by atoms with Crippen molar-refractivity contribution in [2.24, 2.45) is 0 Å². The molecule has 8 nitrogen and oxygen atoms in total. The molecule has 0 aromatic heterocycles. The second-order valence-corrected chi connectivity index (χ2v) is 14.4. The number of anilines is 2. The van der Waals surface area contributed by atoms with Gasteiger partial charge in [0.2, 0.25) is 10.0 Å². The van der Waals surface area contributed by atoms with Crippen LogP contribution in [0.25, 0.3) is 0 Å². The van der Waals surface area contributed by atoms with E-state index in [1.807, 2.05) is 37.3 Å². The molecule has 4 aromatic carbocycles. The SMILES string of the molecule is Cc1ccc(S(=O)(=O)N(Cc2ccccc2)c2ccccc2C(=O)Nc2ccc(S(=O)(=O)N3CCCCCC3)cc2)cc1. The maximum absolute atomic E-state index is 14.0. The van der Waals surface area contributed by atoms with Gasteiger partial charge in [0.1, 0.15) is 0 Å². The van der Waals surface area contributed by atoms with E-state index in [0.29, 0.717) is 18.8 Å². The van der Waals surface area contributed by atoms with E-state index < -0.39 is 26.0 Å². The first-order valence-electron chi connectivity index (χ1n) is 14.3. The van der Waals surface area contributed by atoms with Crippen LogP contribution in [0.15, 0.2) is 113 Å². The summed E-state index contributed by atoms with van der Waals surface area (Å²) in [4.78, 5) is 13.9. The number of carbonyl (C=O) groups is 1. The summed E-state index contributed by atoms with van der Waals surface area (Å²) in [6, 6.07) is 28.4. The normalized spacial score (nSPS) is 14.5. The first kappa shape index (κ1) is 30.5. The van der Waals surface area contributed by atoms with Gasteiger partial charge >= 0.3 is 0 Å². The third-order valence-corrected chi connectivity index (χ3v) is 11.2. The van der Waals surface area contributed by atoms with Crippen molar-refractivity contribution in [3.8, 4) is 0 Å². The highest BCUT2D eigenvalue weighted by Gasteiger charge is 2.29. The first-order chi connectivity index (χ1) is 20.7. The largest absolute Gasteiger partial charge is 0.322 e. The summed E-state index contributed by atoms with van der Waals surface area (Å²) in [5.74, 6) is -0.518. The number of nitrogens with zero attached hydrogens (tertiary/aromatic N) is 2. The Morgan fingerprint density at radius 2 is 1.30 bits per heavy atom. The van der Waals surface area contributed by atoms with E-state index in [4.69, 9.17) is 0 Å². The van der Waals surface area contributed by atoms with Crippen molar-refractivity contribution in [1.29, 1.82) is 0 Å². The van der Waals surface area contributed by atoms with E-state index in [1.165, 1.54) is 20.7 Å². The molecule has 10 heteroatoms. The van der Waals surface area contributed by atoms with Crippen LogP contribution in [-0.4, -0.2) is 40.1 Å². The zero-order valence-electron chi connectivity index (χ0n) is 24.0. The summed E-state index contributed by atoms with van der Waals surface area (Å²) in [5, 5.41) is 2.82. The zero-order valence-corrected chi connectivity index (χ0v) is 25.6. The number of carbonyl (C=O) groups excluding carboxylic acids is 1. The Labute approximate surface area is 254 Å². The number of sulfonamides is 2. The van der Waals surface area contributed by atoms with Crippen LogP contribution >= 0.6 is 0 Å². The lowest BCUT2D eigenvalue weighted by Crippen LogP contribution is -2.32. The molecule has 1 saturated heterocycles. The Bertz CT molecular complexity index is 1770. The topological polar surface area (TPSA) is 104 Å². The van der Waals surface area contributed by atoms with Gasteiger partial charge in [0.25, 0.3) is 15.9 Å². The Kier molecular flexibility index (Phi) is 9.29. The average Bonchev–Trinajstić information content (AvgIpc) is 3.31. The van der Waals surface area contributed by atoms with Gasteiger partial charge in [0.05, 0.1) is 27.6 Å². The molecule has 43 heavy (non-hydrogen) atoms. The fourth-order valence-corrected chi connectivity index (χ4v) is 8.10. The fraction of sp³-hybridized carbons (Fsp3) is 0.242. The minimum Gasteiger partial charge on any atom is -0.322 e. The molecule has 1 amide bonds. The molecule has 1 aliphatic rings. The molecule has 0 bridgehead atoms. The van der Waals surface area contributed by atoms with Crippen molar-refractivity contribution in [2.45, 2.75) is 48.9 Å². The van der Waals surface area contributed by atoms with Crippen LogP contribution < -0.4 is 9.62 Å². The van der Waals surface area contributed by atoms with Gasteiger partial charge in [-0.25, -0.2) is 16.8 Å². The Morgan fingerprint density at radius 3 is 1.95 bits per heavy atom. The summed E-state index contributed by atoms with van der Waals surface area (Å²) in [6.45, 7) is 2.91. The average molecular weight is 618 g/mol. The predicted molar refractivity (Wildman–Crippen MR) is 169 cm³/mol. The second-order valence-electron chi connectivity index (χ2n) is 10.6. The summed E-state index contributed by atoms with van der Waals surface area (Å²) in [7, 11) is -7.68. The lowest BCUT2D eigenvalue weighted by atomic mass is 10.1. The van der Waals surface area contributed by atoms with Gasteiger partial charge in [-0.3, -0.25) is 9.10 Å². The summed E-state index contributed by atoms with van der Waals surface area (Å²) < 4.78 is 57.1. The second kappa shape index (κ2) is 13.1. The Morgan fingerprint density at radius 1 is 0.721 bits per heavy atom. The van der Waals surface area contributed by atoms with E-state index in [2.05, 4.69) is 5.32 Å². The molecule has 0 atom stereocenters. The van der Waals surface area contributed by atoms with E-state index >= 15 is 0 Å². The molecule has 1 N–H and O–H groups in total. The van der Waals surface area contributed by atoms with Crippen molar-refractivity contribution in [2.75, 3.05) is 22.7 Å². The lowest BCUT2D eigenvalue weighted by molar-refractivity contribution is 0.102. The zero-order chi connectivity index (χ0) is 30.5. The minimum atomic E-state index is -4.05. The first-order valence-corrected chi connectivity index (χ1v) is 17.2. The fourth-order valence-electron chi connectivity index (χ4n) is 5.11. The number of para-hydroxylation sites is 1. The standard InChI is InChI=1S/C33H35N3O5S2/c1-26-15-19-30(20-16-26)43(40,41)36(25-27-11-5-4-6-12-27)32-14-8-7-13-31(32)33(37)34-28-17-21-29(22-18-28)42(38,39)35-23-9-2-3-10-24-35/h4-8,11-22H,2-3,9-10,23-25H2,1H3,(H,34,37). The minimum absolute atomic E-state index is 0.0183. The van der Waals surface area contributed by atoms with Crippen molar-refractivity contribution < 1.29 is 21.6 Å². The Hall–Kier alpha value is -3.99. The molecule has 0 aliphatic carbocycles. The highest BCUT2D eigenvalue weighted by atomic mass is 32.2. The van der Waals surface area contributed by atoms with Gasteiger partial charge in [-0.05, 0) is 73.9 Å². The number of nitrogens with one attached hydrogen (secondary N) is 1. The van der Waals surface area contributed by atoms with E-state index in [-0.39, 0.29) is 27.6 Å². The van der Waals surface area contributed by atoms with E-state index in [1.54, 1.807) is 60.7 Å². The molecule has 0 saturated carbocycles. The molecule has 0 unspecified atom stereocenters. The molecule has 0 spiro atoms. The number of hydrogen-bond donors (Lipinski definition) is 1. The number of hydrogen-bond acceptors (Lipinski definition) is 5. The number of amides is 1. The molecular formula is C33H35N3O5S2. The van der Waals surface area contributed by atoms with Gasteiger partial charge in [0, 0.05) is 18.8 Å². The van der Waals surface area contributed by atoms with Crippen LogP contribution in [0.1, 0.15) is 47.2 Å². The molecule has 1 fully saturated rings. The maximum atomic E-state index is 14.0. The van der Waals surface area contributed by atoms with Crippen LogP contribution in [0, 0.1) is 6.92 Å². The van der Waals surface area contributed by atoms with Crippen LogP contribution in [0.4, 0.5) is 11.4 Å². The third-order valence-electron chi connectivity index (χ3n) is 7.51. The molecule has 0 radical (unpaired) electrons. The van der Waals surface area contributed by atoms with Gasteiger partial charge in [0.15, 0.2) is 0 Å². The molecule has 5 rings (SSSR count). The smallest absolute Gasteiger partial charge is 0.264 e. The van der Waals surface area contributed by atoms with Crippen molar-refractivity contribution in [3.63, 3.8) is 0 Å². The molecule has 1 aliphatic heterocycles. The highest BCUT2D eigenvalue weighted by Crippen LogP contribution is 2.30. The quantitative estimate of drug-likeness (QED) is 0.241. The molecule has 4 aromatic rings. The lowest BCUT2D eigenvalue weighted by Gasteiger charge is -2.27. The van der Waals surface area contributed by atoms with Crippen molar-refractivity contribution in [3.05, 3.63) is 120 Å². The highest BCUT2D eigenvalue weighted by molar-refractivity contribution is 7.92. The van der Waals surface area contributed by atoms with E-state index in [9.17, 15) is 21.6 Å².